The summed E-state index contributed by atoms with van der Waals surface area (Å²) in [5, 5.41) is 4.12. The number of primary amides is 1. The van der Waals surface area contributed by atoms with Crippen LogP contribution in [0.25, 0.3) is 0 Å². The van der Waals surface area contributed by atoms with Gasteiger partial charge < -0.3 is 11.2 Å². The first-order valence-electron chi connectivity index (χ1n) is 4.56. The van der Waals surface area contributed by atoms with Crippen LogP contribution in [0.15, 0.2) is 5.10 Å². The Kier molecular flexibility index (Phi) is 2.90. The normalized spacial score (nSPS) is 23.4. The predicted molar refractivity (Wildman–Crippen MR) is 52.3 cm³/mol. The summed E-state index contributed by atoms with van der Waals surface area (Å²) < 4.78 is 0. The maximum atomic E-state index is 10.4. The molecule has 1 rings (SSSR count). The van der Waals surface area contributed by atoms with E-state index in [1.165, 1.54) is 6.42 Å². The van der Waals surface area contributed by atoms with E-state index in [-0.39, 0.29) is 12.5 Å². The summed E-state index contributed by atoms with van der Waals surface area (Å²) in [7, 11) is 0. The number of nitrogens with two attached hydrogens (primary N) is 1. The number of carbonyl (C=O) groups excluding carboxylic acids is 1. The van der Waals surface area contributed by atoms with Gasteiger partial charge in [0.25, 0.3) is 0 Å². The van der Waals surface area contributed by atoms with Gasteiger partial charge in [0.05, 0.1) is 0 Å². The fourth-order valence-electron chi connectivity index (χ4n) is 1.54. The number of rotatable bonds is 3. The van der Waals surface area contributed by atoms with Crippen molar-refractivity contribution in [2.75, 3.05) is 6.54 Å². The molecular weight excluding hydrogens is 166 g/mol. The number of carbonyl (C=O) groups is 1. The van der Waals surface area contributed by atoms with E-state index >= 15 is 0 Å². The molecule has 0 heterocycles. The van der Waals surface area contributed by atoms with E-state index < -0.39 is 0 Å². The van der Waals surface area contributed by atoms with Crippen molar-refractivity contribution in [2.45, 2.75) is 33.1 Å². The lowest BCUT2D eigenvalue weighted by Crippen LogP contribution is -2.25. The lowest BCUT2D eigenvalue weighted by molar-refractivity contribution is -0.117. The Balaban J connectivity index is 2.33. The van der Waals surface area contributed by atoms with Crippen molar-refractivity contribution >= 4 is 11.6 Å². The summed E-state index contributed by atoms with van der Waals surface area (Å²) in [5.74, 6) is -0.374. The number of amides is 1. The average Bonchev–Trinajstić information content (AvgIpc) is 2.29. The second kappa shape index (κ2) is 3.77. The monoisotopic (exact) mass is 183 g/mol. The highest BCUT2D eigenvalue weighted by molar-refractivity contribution is 5.87. The van der Waals surface area contributed by atoms with Crippen LogP contribution in [-0.4, -0.2) is 18.2 Å². The van der Waals surface area contributed by atoms with Crippen LogP contribution in [-0.2, 0) is 4.79 Å². The quantitative estimate of drug-likeness (QED) is 0.630. The molecule has 0 radical (unpaired) electrons. The molecule has 0 aromatic rings. The van der Waals surface area contributed by atoms with Gasteiger partial charge in [0.2, 0.25) is 5.91 Å². The summed E-state index contributed by atoms with van der Waals surface area (Å²) in [4.78, 5) is 10.4. The van der Waals surface area contributed by atoms with E-state index in [1.54, 1.807) is 0 Å². The largest absolute Gasteiger partial charge is 0.368 e. The first-order valence-corrected chi connectivity index (χ1v) is 4.56. The van der Waals surface area contributed by atoms with Gasteiger partial charge in [-0.1, -0.05) is 13.8 Å². The van der Waals surface area contributed by atoms with Crippen molar-refractivity contribution in [1.82, 2.24) is 5.43 Å². The topological polar surface area (TPSA) is 67.5 Å². The molecule has 1 aliphatic rings. The molecule has 1 amide bonds. The maximum Gasteiger partial charge on any atom is 0.238 e. The van der Waals surface area contributed by atoms with E-state index in [0.717, 1.165) is 18.6 Å². The molecule has 13 heavy (non-hydrogen) atoms. The number of hydrogen-bond acceptors (Lipinski definition) is 3. The highest BCUT2D eigenvalue weighted by atomic mass is 16.1. The van der Waals surface area contributed by atoms with Gasteiger partial charge in [-0.3, -0.25) is 4.79 Å². The molecule has 1 fully saturated rings. The molecule has 1 saturated carbocycles. The molecule has 0 aliphatic heterocycles. The van der Waals surface area contributed by atoms with Crippen molar-refractivity contribution in [3.63, 3.8) is 0 Å². The minimum Gasteiger partial charge on any atom is -0.368 e. The van der Waals surface area contributed by atoms with Gasteiger partial charge >= 0.3 is 0 Å². The van der Waals surface area contributed by atoms with E-state index in [4.69, 9.17) is 5.73 Å². The van der Waals surface area contributed by atoms with Gasteiger partial charge in [0, 0.05) is 5.71 Å². The summed E-state index contributed by atoms with van der Waals surface area (Å²) in [6.45, 7) is 4.58. The minimum atomic E-state index is -0.374. The molecule has 3 N–H and O–H groups in total. The molecule has 0 bridgehead atoms. The van der Waals surface area contributed by atoms with E-state index in [1.807, 2.05) is 0 Å². The zero-order chi connectivity index (χ0) is 9.90. The van der Waals surface area contributed by atoms with Gasteiger partial charge in [-0.2, -0.15) is 5.10 Å². The Bertz CT molecular complexity index is 233. The van der Waals surface area contributed by atoms with Crippen molar-refractivity contribution in [2.24, 2.45) is 16.3 Å². The van der Waals surface area contributed by atoms with Gasteiger partial charge in [0.1, 0.15) is 6.54 Å². The number of hydrazone groups is 1. The molecule has 0 spiro atoms. The third-order valence-corrected chi connectivity index (χ3v) is 2.26. The third-order valence-electron chi connectivity index (χ3n) is 2.26. The van der Waals surface area contributed by atoms with Crippen LogP contribution in [0.5, 0.6) is 0 Å². The molecule has 0 aromatic heterocycles. The van der Waals surface area contributed by atoms with Gasteiger partial charge in [-0.15, -0.1) is 0 Å². The predicted octanol–water partition coefficient (Wildman–Crippen LogP) is 0.627. The highest BCUT2D eigenvalue weighted by Crippen LogP contribution is 2.34. The Morgan fingerprint density at radius 3 is 2.85 bits per heavy atom. The highest BCUT2D eigenvalue weighted by Gasteiger charge is 2.27. The molecule has 0 saturated heterocycles. The molecule has 1 aliphatic carbocycles. The first-order chi connectivity index (χ1) is 5.99. The fourth-order valence-corrected chi connectivity index (χ4v) is 1.54. The van der Waals surface area contributed by atoms with Crippen LogP contribution in [0.4, 0.5) is 0 Å². The fraction of sp³-hybridized carbons (Fsp3) is 0.778. The summed E-state index contributed by atoms with van der Waals surface area (Å²) in [6.07, 6.45) is 3.21. The van der Waals surface area contributed by atoms with Gasteiger partial charge in [-0.25, -0.2) is 0 Å². The van der Waals surface area contributed by atoms with Crippen LogP contribution in [0.3, 0.4) is 0 Å². The van der Waals surface area contributed by atoms with Gasteiger partial charge in [-0.05, 0) is 24.7 Å². The smallest absolute Gasteiger partial charge is 0.238 e. The van der Waals surface area contributed by atoms with Crippen LogP contribution in [0, 0.1) is 5.41 Å². The molecule has 4 heteroatoms. The van der Waals surface area contributed by atoms with Crippen molar-refractivity contribution in [3.05, 3.63) is 0 Å². The lowest BCUT2D eigenvalue weighted by atomic mass is 9.92. The summed E-state index contributed by atoms with van der Waals surface area (Å²) in [6, 6.07) is 0. The molecule has 4 nitrogen and oxygen atoms in total. The van der Waals surface area contributed by atoms with Crippen LogP contribution in [0.1, 0.15) is 33.1 Å². The van der Waals surface area contributed by atoms with Gasteiger partial charge in [0.15, 0.2) is 0 Å². The molecule has 74 valence electrons. The van der Waals surface area contributed by atoms with E-state index in [9.17, 15) is 4.79 Å². The number of hydrogen-bond donors (Lipinski definition) is 2. The first kappa shape index (κ1) is 10.0. The summed E-state index contributed by atoms with van der Waals surface area (Å²) >= 11 is 0. The standard InChI is InChI=1S/C9H17N3O/c1-9(2)4-3-7(5-9)12-11-6-8(10)13/h11H,3-6H2,1-2H3,(H2,10,13)/b12-7-. The summed E-state index contributed by atoms with van der Waals surface area (Å²) in [5.41, 5.74) is 9.15. The van der Waals surface area contributed by atoms with Crippen molar-refractivity contribution in [3.8, 4) is 0 Å². The SMILES string of the molecule is CC1(C)CC/C(=N/NCC(N)=O)C1. The molecule has 0 unspecified atom stereocenters. The van der Waals surface area contributed by atoms with E-state index in [2.05, 4.69) is 24.4 Å². The van der Waals surface area contributed by atoms with Crippen LogP contribution in [0.2, 0.25) is 0 Å². The minimum absolute atomic E-state index is 0.129. The van der Waals surface area contributed by atoms with Crippen LogP contribution >= 0.6 is 0 Å². The number of nitrogens with zero attached hydrogens (tertiary/aromatic N) is 1. The van der Waals surface area contributed by atoms with Crippen LogP contribution < -0.4 is 11.2 Å². The van der Waals surface area contributed by atoms with E-state index in [0.29, 0.717) is 5.41 Å². The average molecular weight is 183 g/mol. The second-order valence-corrected chi connectivity index (χ2v) is 4.32. The zero-order valence-corrected chi connectivity index (χ0v) is 8.26. The lowest BCUT2D eigenvalue weighted by Gasteiger charge is -2.13. The third kappa shape index (κ3) is 3.44. The second-order valence-electron chi connectivity index (χ2n) is 4.32. The maximum absolute atomic E-state index is 10.4. The van der Waals surface area contributed by atoms with Crippen molar-refractivity contribution in [1.29, 1.82) is 0 Å². The molecule has 0 aromatic carbocycles. The Morgan fingerprint density at radius 2 is 2.38 bits per heavy atom. The zero-order valence-electron chi connectivity index (χ0n) is 8.26. The Morgan fingerprint density at radius 1 is 1.69 bits per heavy atom. The van der Waals surface area contributed by atoms with Crippen molar-refractivity contribution < 1.29 is 4.79 Å². The molecular formula is C9H17N3O. The Labute approximate surface area is 78.6 Å². The molecule has 0 atom stereocenters. The number of nitrogens with one attached hydrogen (secondary N) is 1. The Hall–Kier alpha value is -1.06.